The standard InChI is InChI=1S/C13H10ClNOS/c1-8(14)13-15-7-10(16-13)12-6-9-4-2-3-5-11(9)17-12/h2-8H,1H3. The highest BCUT2D eigenvalue weighted by molar-refractivity contribution is 7.22. The van der Waals surface area contributed by atoms with E-state index in [2.05, 4.69) is 23.2 Å². The second kappa shape index (κ2) is 4.17. The topological polar surface area (TPSA) is 26.0 Å². The van der Waals surface area contributed by atoms with Gasteiger partial charge in [-0.25, -0.2) is 4.98 Å². The maximum absolute atomic E-state index is 5.93. The van der Waals surface area contributed by atoms with E-state index in [0.717, 1.165) is 10.6 Å². The first-order valence-electron chi connectivity index (χ1n) is 5.33. The van der Waals surface area contributed by atoms with Gasteiger partial charge < -0.3 is 4.42 Å². The van der Waals surface area contributed by atoms with Crippen LogP contribution in [0.25, 0.3) is 20.7 Å². The van der Waals surface area contributed by atoms with E-state index < -0.39 is 0 Å². The summed E-state index contributed by atoms with van der Waals surface area (Å²) in [5.41, 5.74) is 0. The van der Waals surface area contributed by atoms with E-state index in [-0.39, 0.29) is 5.38 Å². The summed E-state index contributed by atoms with van der Waals surface area (Å²) in [5.74, 6) is 1.35. The van der Waals surface area contributed by atoms with Gasteiger partial charge in [-0.15, -0.1) is 22.9 Å². The van der Waals surface area contributed by atoms with Crippen LogP contribution in [0.15, 0.2) is 40.9 Å². The summed E-state index contributed by atoms with van der Waals surface area (Å²) in [7, 11) is 0. The third-order valence-corrected chi connectivity index (χ3v) is 3.85. The van der Waals surface area contributed by atoms with Gasteiger partial charge in [0.2, 0.25) is 5.89 Å². The molecule has 0 amide bonds. The molecule has 1 unspecified atom stereocenters. The fourth-order valence-corrected chi connectivity index (χ4v) is 2.80. The summed E-state index contributed by atoms with van der Waals surface area (Å²) in [6.45, 7) is 1.85. The molecule has 0 N–H and O–H groups in total. The number of alkyl halides is 1. The van der Waals surface area contributed by atoms with E-state index >= 15 is 0 Å². The predicted octanol–water partition coefficient (Wildman–Crippen LogP) is 4.86. The molecule has 0 saturated carbocycles. The largest absolute Gasteiger partial charge is 0.438 e. The van der Waals surface area contributed by atoms with Gasteiger partial charge in [-0.05, 0) is 24.4 Å². The minimum atomic E-state index is -0.196. The van der Waals surface area contributed by atoms with Crippen LogP contribution >= 0.6 is 22.9 Å². The Hall–Kier alpha value is -1.32. The van der Waals surface area contributed by atoms with E-state index in [0.29, 0.717) is 5.89 Å². The molecule has 86 valence electrons. The van der Waals surface area contributed by atoms with E-state index in [1.807, 2.05) is 19.1 Å². The highest BCUT2D eigenvalue weighted by Crippen LogP contribution is 2.34. The highest BCUT2D eigenvalue weighted by Gasteiger charge is 2.12. The van der Waals surface area contributed by atoms with Gasteiger partial charge in [0.25, 0.3) is 0 Å². The smallest absolute Gasteiger partial charge is 0.212 e. The Labute approximate surface area is 108 Å². The minimum Gasteiger partial charge on any atom is -0.438 e. The van der Waals surface area contributed by atoms with Crippen LogP contribution in [0.4, 0.5) is 0 Å². The van der Waals surface area contributed by atoms with Gasteiger partial charge in [0.15, 0.2) is 5.76 Å². The number of hydrogen-bond acceptors (Lipinski definition) is 3. The molecule has 0 aliphatic carbocycles. The minimum absolute atomic E-state index is 0.196. The van der Waals surface area contributed by atoms with Crippen molar-refractivity contribution < 1.29 is 4.42 Å². The Balaban J connectivity index is 2.07. The van der Waals surface area contributed by atoms with Crippen LogP contribution in [0, 0.1) is 0 Å². The summed E-state index contributed by atoms with van der Waals surface area (Å²) in [6, 6.07) is 10.4. The molecule has 2 nitrogen and oxygen atoms in total. The van der Waals surface area contributed by atoms with E-state index in [1.165, 1.54) is 10.1 Å². The van der Waals surface area contributed by atoms with Crippen molar-refractivity contribution in [2.45, 2.75) is 12.3 Å². The number of halogens is 1. The van der Waals surface area contributed by atoms with Crippen molar-refractivity contribution in [2.75, 3.05) is 0 Å². The van der Waals surface area contributed by atoms with Crippen molar-refractivity contribution in [3.63, 3.8) is 0 Å². The molecular weight excluding hydrogens is 254 g/mol. The van der Waals surface area contributed by atoms with Crippen molar-refractivity contribution in [1.29, 1.82) is 0 Å². The number of fused-ring (bicyclic) bond motifs is 1. The molecule has 0 saturated heterocycles. The molecule has 0 radical (unpaired) electrons. The van der Waals surface area contributed by atoms with Crippen molar-refractivity contribution in [3.05, 3.63) is 42.4 Å². The van der Waals surface area contributed by atoms with Crippen LogP contribution in [0.3, 0.4) is 0 Å². The first-order chi connectivity index (χ1) is 8.24. The van der Waals surface area contributed by atoms with Gasteiger partial charge >= 0.3 is 0 Å². The molecule has 0 aliphatic heterocycles. The number of hydrogen-bond donors (Lipinski definition) is 0. The Morgan fingerprint density at radius 1 is 1.35 bits per heavy atom. The fraction of sp³-hybridized carbons (Fsp3) is 0.154. The maximum atomic E-state index is 5.93. The molecule has 2 aromatic heterocycles. The van der Waals surface area contributed by atoms with Gasteiger partial charge in [0, 0.05) is 4.70 Å². The first kappa shape index (κ1) is 10.8. The predicted molar refractivity (Wildman–Crippen MR) is 71.6 cm³/mol. The van der Waals surface area contributed by atoms with Crippen molar-refractivity contribution >= 4 is 33.0 Å². The number of benzene rings is 1. The van der Waals surface area contributed by atoms with Crippen LogP contribution < -0.4 is 0 Å². The van der Waals surface area contributed by atoms with E-state index in [4.69, 9.17) is 16.0 Å². The third kappa shape index (κ3) is 1.96. The van der Waals surface area contributed by atoms with Crippen LogP contribution in [0.2, 0.25) is 0 Å². The molecule has 1 atom stereocenters. The molecule has 1 aromatic carbocycles. The molecule has 3 rings (SSSR count). The molecule has 0 spiro atoms. The fourth-order valence-electron chi connectivity index (χ4n) is 1.69. The number of oxazole rings is 1. The lowest BCUT2D eigenvalue weighted by Crippen LogP contribution is -1.80. The lowest BCUT2D eigenvalue weighted by molar-refractivity contribution is 0.509. The Morgan fingerprint density at radius 2 is 2.18 bits per heavy atom. The summed E-state index contributed by atoms with van der Waals surface area (Å²) >= 11 is 7.63. The van der Waals surface area contributed by atoms with Crippen LogP contribution in [-0.2, 0) is 0 Å². The third-order valence-electron chi connectivity index (χ3n) is 2.53. The molecule has 2 heterocycles. The zero-order valence-corrected chi connectivity index (χ0v) is 10.8. The van der Waals surface area contributed by atoms with Gasteiger partial charge in [0.05, 0.1) is 11.1 Å². The summed E-state index contributed by atoms with van der Waals surface area (Å²) in [6.07, 6.45) is 1.74. The summed E-state index contributed by atoms with van der Waals surface area (Å²) in [4.78, 5) is 5.26. The van der Waals surface area contributed by atoms with E-state index in [1.54, 1.807) is 17.5 Å². The zero-order valence-electron chi connectivity index (χ0n) is 9.18. The number of thiophene rings is 1. The number of nitrogens with zero attached hydrogens (tertiary/aromatic N) is 1. The maximum Gasteiger partial charge on any atom is 0.212 e. The van der Waals surface area contributed by atoms with E-state index in [9.17, 15) is 0 Å². The Morgan fingerprint density at radius 3 is 2.88 bits per heavy atom. The molecule has 17 heavy (non-hydrogen) atoms. The lowest BCUT2D eigenvalue weighted by Gasteiger charge is -1.93. The quantitative estimate of drug-likeness (QED) is 0.618. The first-order valence-corrected chi connectivity index (χ1v) is 6.58. The Bertz CT molecular complexity index is 623. The SMILES string of the molecule is CC(Cl)c1ncc(-c2cc3ccccc3s2)o1. The summed E-state index contributed by atoms with van der Waals surface area (Å²) < 4.78 is 6.88. The second-order valence-corrected chi connectivity index (χ2v) is 5.57. The monoisotopic (exact) mass is 263 g/mol. The van der Waals surface area contributed by atoms with Gasteiger partial charge in [-0.3, -0.25) is 0 Å². The molecule has 4 heteroatoms. The molecule has 0 aliphatic rings. The Kier molecular flexibility index (Phi) is 2.65. The molecule has 3 aromatic rings. The molecule has 0 fully saturated rings. The van der Waals surface area contributed by atoms with Crippen LogP contribution in [0.1, 0.15) is 18.2 Å². The van der Waals surface area contributed by atoms with Gasteiger partial charge in [-0.2, -0.15) is 0 Å². The van der Waals surface area contributed by atoms with Crippen molar-refractivity contribution in [1.82, 2.24) is 4.98 Å². The van der Waals surface area contributed by atoms with Crippen molar-refractivity contribution in [3.8, 4) is 10.6 Å². The molecule has 0 bridgehead atoms. The number of rotatable bonds is 2. The number of aromatic nitrogens is 1. The van der Waals surface area contributed by atoms with Crippen LogP contribution in [-0.4, -0.2) is 4.98 Å². The zero-order chi connectivity index (χ0) is 11.8. The normalized spacial score (nSPS) is 13.1. The average molecular weight is 264 g/mol. The van der Waals surface area contributed by atoms with Crippen molar-refractivity contribution in [2.24, 2.45) is 0 Å². The lowest BCUT2D eigenvalue weighted by atomic mass is 10.2. The van der Waals surface area contributed by atoms with Crippen LogP contribution in [0.5, 0.6) is 0 Å². The average Bonchev–Trinajstić information content (AvgIpc) is 2.95. The summed E-state index contributed by atoms with van der Waals surface area (Å²) in [5, 5.41) is 1.03. The van der Waals surface area contributed by atoms with Gasteiger partial charge in [0.1, 0.15) is 5.38 Å². The molecular formula is C13H10ClNOS. The van der Waals surface area contributed by atoms with Gasteiger partial charge in [-0.1, -0.05) is 18.2 Å². The highest BCUT2D eigenvalue weighted by atomic mass is 35.5. The second-order valence-electron chi connectivity index (χ2n) is 3.83.